The minimum Gasteiger partial charge on any atom is -0.444 e. The summed E-state index contributed by atoms with van der Waals surface area (Å²) >= 11 is 0. The molecule has 2 aliphatic rings. The average molecular weight is 332 g/mol. The van der Waals surface area contributed by atoms with Gasteiger partial charge in [-0.2, -0.15) is 0 Å². The Kier molecular flexibility index (Phi) is 5.11. The highest BCUT2D eigenvalue weighted by Crippen LogP contribution is 2.25. The van der Waals surface area contributed by atoms with E-state index in [4.69, 9.17) is 9.47 Å². The molecule has 1 aromatic rings. The number of hydrogen-bond acceptors (Lipinski definition) is 4. The third kappa shape index (κ3) is 4.28. The van der Waals surface area contributed by atoms with E-state index in [9.17, 15) is 4.79 Å². The number of benzene rings is 1. The van der Waals surface area contributed by atoms with Crippen LogP contribution >= 0.6 is 0 Å². The average Bonchev–Trinajstić information content (AvgIpc) is 2.62. The van der Waals surface area contributed by atoms with Gasteiger partial charge in [0.25, 0.3) is 0 Å². The van der Waals surface area contributed by atoms with E-state index in [0.717, 1.165) is 26.1 Å². The molecule has 132 valence electrons. The maximum Gasteiger partial charge on any atom is 0.410 e. The third-order valence-electron chi connectivity index (χ3n) is 4.58. The van der Waals surface area contributed by atoms with E-state index in [1.165, 1.54) is 5.56 Å². The van der Waals surface area contributed by atoms with E-state index in [0.29, 0.717) is 19.2 Å². The summed E-state index contributed by atoms with van der Waals surface area (Å²) in [7, 11) is 0. The fourth-order valence-corrected chi connectivity index (χ4v) is 3.43. The Bertz CT molecular complexity index is 555. The quantitative estimate of drug-likeness (QED) is 0.835. The lowest BCUT2D eigenvalue weighted by atomic mass is 10.1. The van der Waals surface area contributed by atoms with Crippen molar-refractivity contribution in [3.63, 3.8) is 0 Å². The molecule has 0 saturated carbocycles. The van der Waals surface area contributed by atoms with Crippen LogP contribution in [0.25, 0.3) is 0 Å². The molecule has 2 saturated heterocycles. The number of nitrogens with zero attached hydrogens (tertiary/aromatic N) is 2. The summed E-state index contributed by atoms with van der Waals surface area (Å²) in [5.74, 6) is 0. The molecule has 0 radical (unpaired) electrons. The van der Waals surface area contributed by atoms with Crippen LogP contribution in [0, 0.1) is 0 Å². The standard InChI is InChI=1S/C19H28N2O3/c1-19(2,3)24-18(22)20-10-9-16-13-23-14-17(12-20)21(16)11-15-7-5-4-6-8-15/h4-8,16-17H,9-14H2,1-3H3. The Morgan fingerprint density at radius 1 is 1.21 bits per heavy atom. The maximum absolute atomic E-state index is 12.5. The summed E-state index contributed by atoms with van der Waals surface area (Å²) < 4.78 is 11.4. The zero-order chi connectivity index (χ0) is 17.2. The molecule has 0 aliphatic carbocycles. The number of carbonyl (C=O) groups is 1. The zero-order valence-electron chi connectivity index (χ0n) is 14.9. The second-order valence-electron chi connectivity index (χ2n) is 7.72. The molecule has 2 atom stereocenters. The zero-order valence-corrected chi connectivity index (χ0v) is 14.9. The van der Waals surface area contributed by atoms with Gasteiger partial charge in [0, 0.05) is 25.7 Å². The van der Waals surface area contributed by atoms with E-state index in [1.807, 2.05) is 31.7 Å². The van der Waals surface area contributed by atoms with Gasteiger partial charge in [-0.25, -0.2) is 4.79 Å². The highest BCUT2D eigenvalue weighted by molar-refractivity contribution is 5.68. The van der Waals surface area contributed by atoms with Gasteiger partial charge in [0.1, 0.15) is 5.60 Å². The first-order valence-electron chi connectivity index (χ1n) is 8.78. The van der Waals surface area contributed by atoms with Gasteiger partial charge in [-0.1, -0.05) is 30.3 Å². The normalized spacial score (nSPS) is 25.2. The minimum atomic E-state index is -0.460. The van der Waals surface area contributed by atoms with Gasteiger partial charge in [-0.3, -0.25) is 4.90 Å². The monoisotopic (exact) mass is 332 g/mol. The van der Waals surface area contributed by atoms with Gasteiger partial charge < -0.3 is 14.4 Å². The summed E-state index contributed by atoms with van der Waals surface area (Å²) in [4.78, 5) is 16.8. The van der Waals surface area contributed by atoms with Gasteiger partial charge >= 0.3 is 6.09 Å². The molecular weight excluding hydrogens is 304 g/mol. The maximum atomic E-state index is 12.5. The molecule has 5 nitrogen and oxygen atoms in total. The Balaban J connectivity index is 1.71. The van der Waals surface area contributed by atoms with Crippen LogP contribution < -0.4 is 0 Å². The van der Waals surface area contributed by atoms with Crippen molar-refractivity contribution in [3.05, 3.63) is 35.9 Å². The molecule has 5 heteroatoms. The number of ether oxygens (including phenoxy) is 2. The number of amides is 1. The van der Waals surface area contributed by atoms with Crippen LogP contribution in [0.1, 0.15) is 32.8 Å². The van der Waals surface area contributed by atoms with Crippen molar-refractivity contribution in [2.75, 3.05) is 26.3 Å². The molecule has 3 rings (SSSR count). The van der Waals surface area contributed by atoms with Gasteiger partial charge in [-0.05, 0) is 32.8 Å². The highest BCUT2D eigenvalue weighted by Gasteiger charge is 2.37. The van der Waals surface area contributed by atoms with Gasteiger partial charge in [0.15, 0.2) is 0 Å². The molecule has 2 unspecified atom stereocenters. The molecule has 0 N–H and O–H groups in total. The van der Waals surface area contributed by atoms with Crippen molar-refractivity contribution in [3.8, 4) is 0 Å². The predicted molar refractivity (Wildman–Crippen MR) is 92.8 cm³/mol. The number of fused-ring (bicyclic) bond motifs is 2. The van der Waals surface area contributed by atoms with E-state index in [2.05, 4.69) is 29.2 Å². The smallest absolute Gasteiger partial charge is 0.410 e. The van der Waals surface area contributed by atoms with Crippen LogP contribution in [-0.4, -0.2) is 59.9 Å². The van der Waals surface area contributed by atoms with Gasteiger partial charge in [0.2, 0.25) is 0 Å². The molecule has 2 aliphatic heterocycles. The Morgan fingerprint density at radius 3 is 2.62 bits per heavy atom. The van der Waals surface area contributed by atoms with Crippen LogP contribution in [0.3, 0.4) is 0 Å². The number of morpholine rings is 1. The molecule has 2 bridgehead atoms. The summed E-state index contributed by atoms with van der Waals surface area (Å²) in [5.41, 5.74) is 0.846. The van der Waals surface area contributed by atoms with Crippen molar-refractivity contribution in [2.45, 2.75) is 51.4 Å². The van der Waals surface area contributed by atoms with Crippen LogP contribution in [0.4, 0.5) is 4.79 Å². The van der Waals surface area contributed by atoms with Crippen molar-refractivity contribution < 1.29 is 14.3 Å². The Hall–Kier alpha value is -1.59. The highest BCUT2D eigenvalue weighted by atomic mass is 16.6. The molecule has 24 heavy (non-hydrogen) atoms. The van der Waals surface area contributed by atoms with Crippen molar-refractivity contribution in [2.24, 2.45) is 0 Å². The fourth-order valence-electron chi connectivity index (χ4n) is 3.43. The Labute approximate surface area is 144 Å². The molecule has 0 aromatic heterocycles. The van der Waals surface area contributed by atoms with E-state index in [1.54, 1.807) is 0 Å². The first-order valence-corrected chi connectivity index (χ1v) is 8.78. The molecule has 0 spiro atoms. The first kappa shape index (κ1) is 17.2. The number of rotatable bonds is 2. The minimum absolute atomic E-state index is 0.213. The van der Waals surface area contributed by atoms with Crippen LogP contribution in [-0.2, 0) is 16.0 Å². The second-order valence-corrected chi connectivity index (χ2v) is 7.72. The number of hydrogen-bond donors (Lipinski definition) is 0. The van der Waals surface area contributed by atoms with Crippen molar-refractivity contribution in [1.82, 2.24) is 9.80 Å². The van der Waals surface area contributed by atoms with Gasteiger partial charge in [0.05, 0.1) is 19.3 Å². The molecule has 1 aromatic carbocycles. The molecule has 2 heterocycles. The summed E-state index contributed by atoms with van der Waals surface area (Å²) in [5, 5.41) is 0. The lowest BCUT2D eigenvalue weighted by molar-refractivity contribution is -0.0504. The number of carbonyl (C=O) groups excluding carboxylic acids is 1. The molecule has 2 fully saturated rings. The lowest BCUT2D eigenvalue weighted by Crippen LogP contribution is -2.53. The third-order valence-corrected chi connectivity index (χ3v) is 4.58. The fraction of sp³-hybridized carbons (Fsp3) is 0.632. The Morgan fingerprint density at radius 2 is 1.92 bits per heavy atom. The predicted octanol–water partition coefficient (Wildman–Crippen LogP) is 2.90. The van der Waals surface area contributed by atoms with Gasteiger partial charge in [-0.15, -0.1) is 0 Å². The van der Waals surface area contributed by atoms with Crippen molar-refractivity contribution in [1.29, 1.82) is 0 Å². The van der Waals surface area contributed by atoms with Crippen LogP contribution in [0.15, 0.2) is 30.3 Å². The SMILES string of the molecule is CC(C)(C)OC(=O)N1CCC2COCC(C1)N2Cc1ccccc1. The summed E-state index contributed by atoms with van der Waals surface area (Å²) in [6, 6.07) is 11.1. The van der Waals surface area contributed by atoms with E-state index in [-0.39, 0.29) is 12.1 Å². The lowest BCUT2D eigenvalue weighted by Gasteiger charge is -2.40. The van der Waals surface area contributed by atoms with Crippen LogP contribution in [0.2, 0.25) is 0 Å². The molecule has 1 amide bonds. The van der Waals surface area contributed by atoms with Crippen molar-refractivity contribution >= 4 is 6.09 Å². The van der Waals surface area contributed by atoms with E-state index >= 15 is 0 Å². The summed E-state index contributed by atoms with van der Waals surface area (Å²) in [6.07, 6.45) is 0.706. The van der Waals surface area contributed by atoms with E-state index < -0.39 is 5.60 Å². The topological polar surface area (TPSA) is 42.0 Å². The largest absolute Gasteiger partial charge is 0.444 e. The molecular formula is C19H28N2O3. The summed E-state index contributed by atoms with van der Waals surface area (Å²) in [6.45, 7) is 9.43. The van der Waals surface area contributed by atoms with Crippen LogP contribution in [0.5, 0.6) is 0 Å². The second kappa shape index (κ2) is 7.11. The first-order chi connectivity index (χ1) is 11.4.